The molecule has 0 spiro atoms. The predicted octanol–water partition coefficient (Wildman–Crippen LogP) is 8.20. The van der Waals surface area contributed by atoms with Crippen LogP contribution >= 0.6 is 11.8 Å². The lowest BCUT2D eigenvalue weighted by atomic mass is 9.77. The molecule has 1 aliphatic carbocycles. The van der Waals surface area contributed by atoms with Gasteiger partial charge in [0, 0.05) is 16.7 Å². The number of oxazole rings is 1. The Morgan fingerprint density at radius 2 is 1.94 bits per heavy atom. The number of nitrogens with zero attached hydrogens (tertiary/aromatic N) is 2. The Morgan fingerprint density at radius 1 is 1.15 bits per heavy atom. The standard InChI is InChI=1S/C30H42N2OS/c1-4-13-27(6-3)34-28-22-32(19-18-23(28)5-2)21-26-20-31-30(33-26)29(24-14-9-7-10-15-24)25-16-11-8-12-17-25/h4,6-7,9-10,13-15,20,23,25,28-29H,5,8,11-12,16-19,21-22H2,1-3H3/b13-4-,27-6+. The fourth-order valence-corrected chi connectivity index (χ4v) is 7.33. The summed E-state index contributed by atoms with van der Waals surface area (Å²) in [5.41, 5.74) is 1.35. The summed E-state index contributed by atoms with van der Waals surface area (Å²) in [5.74, 6) is 3.63. The maximum atomic E-state index is 6.50. The average molecular weight is 479 g/mol. The summed E-state index contributed by atoms with van der Waals surface area (Å²) in [6, 6.07) is 10.9. The van der Waals surface area contributed by atoms with Crippen LogP contribution in [0.2, 0.25) is 0 Å². The zero-order valence-corrected chi connectivity index (χ0v) is 22.1. The second kappa shape index (κ2) is 12.8. The first-order valence-corrected chi connectivity index (χ1v) is 14.3. The Morgan fingerprint density at radius 3 is 2.65 bits per heavy atom. The van der Waals surface area contributed by atoms with Gasteiger partial charge in [-0.2, -0.15) is 0 Å². The van der Waals surface area contributed by atoms with Crippen LogP contribution in [0.25, 0.3) is 0 Å². The average Bonchev–Trinajstić information content (AvgIpc) is 3.33. The smallest absolute Gasteiger partial charge is 0.202 e. The Hall–Kier alpha value is -1.78. The lowest BCUT2D eigenvalue weighted by Crippen LogP contribution is -2.41. The third kappa shape index (κ3) is 6.46. The normalized spacial score (nSPS) is 24.0. The quantitative estimate of drug-likeness (QED) is 0.340. The fraction of sp³-hybridized carbons (Fsp3) is 0.567. The molecular formula is C30H42N2OS. The Bertz CT molecular complexity index is 928. The van der Waals surface area contributed by atoms with E-state index in [9.17, 15) is 0 Å². The van der Waals surface area contributed by atoms with Crippen LogP contribution in [0.15, 0.2) is 64.1 Å². The fourth-order valence-electron chi connectivity index (χ4n) is 5.82. The molecule has 1 saturated carbocycles. The molecule has 0 radical (unpaired) electrons. The molecule has 2 fully saturated rings. The number of aromatic nitrogens is 1. The van der Waals surface area contributed by atoms with Crippen molar-refractivity contribution in [3.63, 3.8) is 0 Å². The van der Waals surface area contributed by atoms with Crippen molar-refractivity contribution in [3.8, 4) is 0 Å². The molecule has 1 aromatic heterocycles. The highest BCUT2D eigenvalue weighted by Crippen LogP contribution is 2.40. The molecule has 1 aliphatic heterocycles. The van der Waals surface area contributed by atoms with Crippen molar-refractivity contribution in [2.24, 2.45) is 11.8 Å². The van der Waals surface area contributed by atoms with Crippen LogP contribution in [0.1, 0.15) is 88.8 Å². The highest BCUT2D eigenvalue weighted by molar-refractivity contribution is 8.03. The molecule has 34 heavy (non-hydrogen) atoms. The molecule has 1 aromatic carbocycles. The number of hydrogen-bond acceptors (Lipinski definition) is 4. The molecule has 2 aromatic rings. The van der Waals surface area contributed by atoms with Gasteiger partial charge < -0.3 is 4.42 Å². The largest absolute Gasteiger partial charge is 0.444 e. The highest BCUT2D eigenvalue weighted by atomic mass is 32.2. The summed E-state index contributed by atoms with van der Waals surface area (Å²) in [7, 11) is 0. The van der Waals surface area contributed by atoms with Crippen molar-refractivity contribution in [2.45, 2.75) is 83.4 Å². The van der Waals surface area contributed by atoms with Crippen LogP contribution < -0.4 is 0 Å². The second-order valence-electron chi connectivity index (χ2n) is 9.99. The van der Waals surface area contributed by atoms with Gasteiger partial charge in [-0.05, 0) is 57.1 Å². The van der Waals surface area contributed by atoms with E-state index in [0.717, 1.165) is 37.2 Å². The first-order chi connectivity index (χ1) is 16.7. The molecule has 2 heterocycles. The number of rotatable bonds is 9. The zero-order valence-electron chi connectivity index (χ0n) is 21.3. The van der Waals surface area contributed by atoms with Crippen molar-refractivity contribution in [1.29, 1.82) is 0 Å². The molecular weight excluding hydrogens is 436 g/mol. The van der Waals surface area contributed by atoms with Crippen LogP contribution in [0.5, 0.6) is 0 Å². The van der Waals surface area contributed by atoms with Crippen molar-refractivity contribution in [1.82, 2.24) is 9.88 Å². The van der Waals surface area contributed by atoms with E-state index in [1.165, 1.54) is 55.4 Å². The van der Waals surface area contributed by atoms with Crippen molar-refractivity contribution < 1.29 is 4.42 Å². The Kier molecular flexibility index (Phi) is 9.52. The van der Waals surface area contributed by atoms with Crippen molar-refractivity contribution in [2.75, 3.05) is 13.1 Å². The molecule has 2 aliphatic rings. The van der Waals surface area contributed by atoms with E-state index in [0.29, 0.717) is 11.2 Å². The van der Waals surface area contributed by atoms with Gasteiger partial charge in [-0.15, -0.1) is 11.8 Å². The van der Waals surface area contributed by atoms with E-state index < -0.39 is 0 Å². The first-order valence-electron chi connectivity index (χ1n) is 13.4. The number of piperidine rings is 1. The van der Waals surface area contributed by atoms with Gasteiger partial charge in [0.15, 0.2) is 0 Å². The summed E-state index contributed by atoms with van der Waals surface area (Å²) < 4.78 is 6.50. The third-order valence-electron chi connectivity index (χ3n) is 7.70. The predicted molar refractivity (Wildman–Crippen MR) is 145 cm³/mol. The number of benzene rings is 1. The minimum absolute atomic E-state index is 0.280. The molecule has 0 bridgehead atoms. The van der Waals surface area contributed by atoms with E-state index in [1.807, 2.05) is 18.0 Å². The van der Waals surface area contributed by atoms with Gasteiger partial charge in [0.1, 0.15) is 5.76 Å². The molecule has 4 rings (SSSR count). The van der Waals surface area contributed by atoms with Crippen molar-refractivity contribution in [3.05, 3.63) is 76.9 Å². The molecule has 4 heteroatoms. The number of thioether (sulfide) groups is 1. The summed E-state index contributed by atoms with van der Waals surface area (Å²) in [6.45, 7) is 9.71. The SMILES string of the molecule is C/C=C\C(=C/C)SC1CN(Cc2cnc(C(c3ccccc3)C3CCCCC3)o2)CCC1CC. The van der Waals surface area contributed by atoms with Gasteiger partial charge in [0.05, 0.1) is 18.7 Å². The molecule has 184 valence electrons. The molecule has 0 N–H and O–H groups in total. The van der Waals surface area contributed by atoms with Gasteiger partial charge in [0.2, 0.25) is 5.89 Å². The summed E-state index contributed by atoms with van der Waals surface area (Å²) in [4.78, 5) is 8.81. The maximum Gasteiger partial charge on any atom is 0.202 e. The monoisotopic (exact) mass is 478 g/mol. The minimum Gasteiger partial charge on any atom is -0.444 e. The van der Waals surface area contributed by atoms with E-state index in [2.05, 4.69) is 74.2 Å². The summed E-state index contributed by atoms with van der Waals surface area (Å²) in [6.07, 6.45) is 17.7. The Balaban J connectivity index is 1.46. The molecule has 3 nitrogen and oxygen atoms in total. The molecule has 3 atom stereocenters. The van der Waals surface area contributed by atoms with Crippen LogP contribution in [-0.2, 0) is 6.54 Å². The zero-order chi connectivity index (χ0) is 23.8. The molecule has 1 saturated heterocycles. The topological polar surface area (TPSA) is 29.3 Å². The van der Waals surface area contributed by atoms with Crippen LogP contribution in [0, 0.1) is 11.8 Å². The summed E-state index contributed by atoms with van der Waals surface area (Å²) in [5, 5.41) is 0.628. The maximum absolute atomic E-state index is 6.50. The lowest BCUT2D eigenvalue weighted by molar-refractivity contribution is 0.168. The Labute approximate surface area is 211 Å². The van der Waals surface area contributed by atoms with Gasteiger partial charge in [-0.25, -0.2) is 4.98 Å². The van der Waals surface area contributed by atoms with Crippen LogP contribution in [0.3, 0.4) is 0 Å². The minimum atomic E-state index is 0.280. The first kappa shape index (κ1) is 25.3. The van der Waals surface area contributed by atoms with Gasteiger partial charge in [-0.1, -0.05) is 81.2 Å². The number of hydrogen-bond donors (Lipinski definition) is 0. The van der Waals surface area contributed by atoms with Crippen LogP contribution in [-0.4, -0.2) is 28.2 Å². The van der Waals surface area contributed by atoms with E-state index >= 15 is 0 Å². The van der Waals surface area contributed by atoms with Gasteiger partial charge in [-0.3, -0.25) is 4.90 Å². The van der Waals surface area contributed by atoms with Gasteiger partial charge in [0.25, 0.3) is 0 Å². The third-order valence-corrected chi connectivity index (χ3v) is 9.18. The molecule has 0 amide bonds. The highest BCUT2D eigenvalue weighted by Gasteiger charge is 2.32. The van der Waals surface area contributed by atoms with E-state index in [4.69, 9.17) is 9.40 Å². The van der Waals surface area contributed by atoms with Gasteiger partial charge >= 0.3 is 0 Å². The number of allylic oxidation sites excluding steroid dienone is 3. The van der Waals surface area contributed by atoms with Crippen molar-refractivity contribution >= 4 is 11.8 Å². The number of likely N-dealkylation sites (tertiary alicyclic amines) is 1. The lowest BCUT2D eigenvalue weighted by Gasteiger charge is -2.37. The van der Waals surface area contributed by atoms with E-state index in [-0.39, 0.29) is 5.92 Å². The summed E-state index contributed by atoms with van der Waals surface area (Å²) >= 11 is 2.05. The second-order valence-corrected chi connectivity index (χ2v) is 11.3. The van der Waals surface area contributed by atoms with Crippen LogP contribution in [0.4, 0.5) is 0 Å². The molecule has 3 unspecified atom stereocenters. The van der Waals surface area contributed by atoms with E-state index in [1.54, 1.807) is 0 Å².